The van der Waals surface area contributed by atoms with Crippen LogP contribution in [0.15, 0.2) is 12.3 Å². The van der Waals surface area contributed by atoms with Crippen LogP contribution in [0.3, 0.4) is 0 Å². The van der Waals surface area contributed by atoms with Crippen molar-refractivity contribution in [2.45, 2.75) is 6.92 Å². The van der Waals surface area contributed by atoms with Crippen LogP contribution in [-0.4, -0.2) is 6.61 Å². The Morgan fingerprint density at radius 2 is 2.43 bits per heavy atom. The molecule has 0 saturated carbocycles. The zero-order valence-electron chi connectivity index (χ0n) is 3.95. The highest BCUT2D eigenvalue weighted by Crippen LogP contribution is 1.96. The van der Waals surface area contributed by atoms with E-state index in [9.17, 15) is 8.78 Å². The SMILES string of the molecule is CCOC(F)=CF. The van der Waals surface area contributed by atoms with Gasteiger partial charge in [-0.05, 0) is 6.92 Å². The molecule has 0 spiro atoms. The van der Waals surface area contributed by atoms with Crippen molar-refractivity contribution in [3.63, 3.8) is 0 Å². The second-order valence-electron chi connectivity index (χ2n) is 0.846. The average molecular weight is 108 g/mol. The fraction of sp³-hybridized carbons (Fsp3) is 0.500. The highest BCUT2D eigenvalue weighted by Gasteiger charge is 1.86. The van der Waals surface area contributed by atoms with Crippen molar-refractivity contribution in [3.8, 4) is 0 Å². The molecule has 0 aliphatic carbocycles. The fourth-order valence-corrected chi connectivity index (χ4v) is 0.169. The molecule has 0 aliphatic rings. The van der Waals surface area contributed by atoms with Gasteiger partial charge >= 0.3 is 6.01 Å². The highest BCUT2D eigenvalue weighted by molar-refractivity contribution is 4.69. The van der Waals surface area contributed by atoms with Crippen molar-refractivity contribution in [1.82, 2.24) is 0 Å². The molecule has 0 radical (unpaired) electrons. The predicted octanol–water partition coefficient (Wildman–Crippen LogP) is 1.76. The van der Waals surface area contributed by atoms with Gasteiger partial charge in [0.2, 0.25) is 0 Å². The van der Waals surface area contributed by atoms with Crippen LogP contribution in [0.2, 0.25) is 0 Å². The van der Waals surface area contributed by atoms with Crippen LogP contribution >= 0.6 is 0 Å². The maximum atomic E-state index is 11.4. The summed E-state index contributed by atoms with van der Waals surface area (Å²) in [4.78, 5) is 0. The van der Waals surface area contributed by atoms with Gasteiger partial charge in [0.05, 0.1) is 6.61 Å². The van der Waals surface area contributed by atoms with Gasteiger partial charge < -0.3 is 4.74 Å². The molecular weight excluding hydrogens is 102 g/mol. The van der Waals surface area contributed by atoms with Crippen LogP contribution in [0.5, 0.6) is 0 Å². The Bertz CT molecular complexity index is 70.1. The van der Waals surface area contributed by atoms with Crippen molar-refractivity contribution < 1.29 is 13.5 Å². The molecule has 0 bridgehead atoms. The summed E-state index contributed by atoms with van der Waals surface area (Å²) >= 11 is 0. The summed E-state index contributed by atoms with van der Waals surface area (Å²) < 4.78 is 26.3. The number of rotatable bonds is 2. The zero-order valence-corrected chi connectivity index (χ0v) is 3.95. The third-order valence-corrected chi connectivity index (χ3v) is 0.368. The van der Waals surface area contributed by atoms with E-state index in [4.69, 9.17) is 0 Å². The molecule has 0 aromatic rings. The second-order valence-corrected chi connectivity index (χ2v) is 0.846. The lowest BCUT2D eigenvalue weighted by Gasteiger charge is -1.91. The molecule has 42 valence electrons. The molecule has 0 amide bonds. The van der Waals surface area contributed by atoms with Gasteiger partial charge in [0.1, 0.15) is 0 Å². The van der Waals surface area contributed by atoms with Crippen LogP contribution in [0.25, 0.3) is 0 Å². The van der Waals surface area contributed by atoms with Gasteiger partial charge in [-0.1, -0.05) is 0 Å². The average Bonchev–Trinajstić information content (AvgIpc) is 1.68. The molecule has 0 atom stereocenters. The molecule has 1 nitrogen and oxygen atoms in total. The second kappa shape index (κ2) is 3.59. The van der Waals surface area contributed by atoms with Crippen molar-refractivity contribution in [2.75, 3.05) is 6.61 Å². The quantitative estimate of drug-likeness (QED) is 0.490. The van der Waals surface area contributed by atoms with E-state index >= 15 is 0 Å². The third kappa shape index (κ3) is 3.22. The van der Waals surface area contributed by atoms with E-state index in [1.165, 1.54) is 0 Å². The van der Waals surface area contributed by atoms with Crippen molar-refractivity contribution >= 4 is 0 Å². The van der Waals surface area contributed by atoms with Gasteiger partial charge in [-0.25, -0.2) is 4.39 Å². The summed E-state index contributed by atoms with van der Waals surface area (Å²) in [6.07, 6.45) is -0.219. The Labute approximate surface area is 40.6 Å². The van der Waals surface area contributed by atoms with E-state index in [0.29, 0.717) is 0 Å². The lowest BCUT2D eigenvalue weighted by atomic mass is 10.9. The zero-order chi connectivity index (χ0) is 5.70. The Balaban J connectivity index is 3.17. The summed E-state index contributed by atoms with van der Waals surface area (Å²) in [6.45, 7) is 1.73. The molecule has 3 heteroatoms. The molecule has 0 heterocycles. The first kappa shape index (κ1) is 6.40. The van der Waals surface area contributed by atoms with E-state index in [-0.39, 0.29) is 12.9 Å². The normalized spacial score (nSPS) is 11.6. The van der Waals surface area contributed by atoms with E-state index in [2.05, 4.69) is 4.74 Å². The summed E-state index contributed by atoms with van der Waals surface area (Å²) in [5.41, 5.74) is 0. The first-order valence-corrected chi connectivity index (χ1v) is 1.90. The lowest BCUT2D eigenvalue weighted by molar-refractivity contribution is 0.151. The van der Waals surface area contributed by atoms with Gasteiger partial charge in [-0.15, -0.1) is 0 Å². The number of ether oxygens (including phenoxy) is 1. The lowest BCUT2D eigenvalue weighted by Crippen LogP contribution is -1.81. The maximum Gasteiger partial charge on any atom is 0.301 e. The van der Waals surface area contributed by atoms with Gasteiger partial charge in [-0.3, -0.25) is 0 Å². The maximum absolute atomic E-state index is 11.4. The van der Waals surface area contributed by atoms with E-state index in [1.54, 1.807) is 6.92 Å². The van der Waals surface area contributed by atoms with E-state index in [0.717, 1.165) is 0 Å². The first-order chi connectivity index (χ1) is 3.31. The molecule has 0 N–H and O–H groups in total. The minimum absolute atomic E-state index is 0.159. The molecule has 0 aromatic heterocycles. The predicted molar refractivity (Wildman–Crippen MR) is 21.9 cm³/mol. The highest BCUT2D eigenvalue weighted by atomic mass is 19.2. The molecular formula is C4H6F2O. The van der Waals surface area contributed by atoms with Crippen molar-refractivity contribution in [3.05, 3.63) is 12.3 Å². The topological polar surface area (TPSA) is 9.23 Å². The molecule has 0 fully saturated rings. The van der Waals surface area contributed by atoms with Gasteiger partial charge in [0.25, 0.3) is 0 Å². The Morgan fingerprint density at radius 3 is 2.57 bits per heavy atom. The number of halogens is 2. The minimum atomic E-state index is -1.16. The summed E-state index contributed by atoms with van der Waals surface area (Å²) in [6, 6.07) is -1.16. The molecule has 0 aliphatic heterocycles. The Morgan fingerprint density at radius 1 is 1.86 bits per heavy atom. The van der Waals surface area contributed by atoms with Crippen LogP contribution in [0.4, 0.5) is 8.78 Å². The van der Waals surface area contributed by atoms with Crippen LogP contribution in [-0.2, 0) is 4.74 Å². The summed E-state index contributed by atoms with van der Waals surface area (Å²) in [5.74, 6) is 0. The smallest absolute Gasteiger partial charge is 0.301 e. The molecule has 0 rings (SSSR count). The molecule has 0 aromatic carbocycles. The van der Waals surface area contributed by atoms with Crippen LogP contribution in [0, 0.1) is 0 Å². The molecule has 7 heavy (non-hydrogen) atoms. The van der Waals surface area contributed by atoms with E-state index < -0.39 is 6.01 Å². The Hall–Kier alpha value is -0.600. The fourth-order valence-electron chi connectivity index (χ4n) is 0.169. The van der Waals surface area contributed by atoms with Crippen molar-refractivity contribution in [2.24, 2.45) is 0 Å². The Kier molecular flexibility index (Phi) is 3.28. The number of hydrogen-bond donors (Lipinski definition) is 0. The monoisotopic (exact) mass is 108 g/mol. The molecule has 0 unspecified atom stereocenters. The van der Waals surface area contributed by atoms with Crippen LogP contribution in [0.1, 0.15) is 6.92 Å². The standard InChI is InChI=1S/C4H6F2O/c1-2-7-4(6)3-5/h3H,2H2,1H3. The van der Waals surface area contributed by atoms with Crippen LogP contribution < -0.4 is 0 Å². The largest absolute Gasteiger partial charge is 0.469 e. The summed E-state index contributed by atoms with van der Waals surface area (Å²) in [5, 5.41) is 0. The van der Waals surface area contributed by atoms with Crippen molar-refractivity contribution in [1.29, 1.82) is 0 Å². The van der Waals surface area contributed by atoms with Gasteiger partial charge in [-0.2, -0.15) is 4.39 Å². The summed E-state index contributed by atoms with van der Waals surface area (Å²) in [7, 11) is 0. The molecule has 0 saturated heterocycles. The first-order valence-electron chi connectivity index (χ1n) is 1.90. The number of hydrogen-bond acceptors (Lipinski definition) is 1. The minimum Gasteiger partial charge on any atom is -0.469 e. The third-order valence-electron chi connectivity index (χ3n) is 0.368. The van der Waals surface area contributed by atoms with E-state index in [1.807, 2.05) is 0 Å². The van der Waals surface area contributed by atoms with Gasteiger partial charge in [0.15, 0.2) is 6.33 Å². The van der Waals surface area contributed by atoms with Gasteiger partial charge in [0, 0.05) is 0 Å².